The maximum atomic E-state index is 12.6. The SMILES string of the molecule is CCC(=O)N1CCCCC1C(=O)N1CCCC(O)C1. The minimum Gasteiger partial charge on any atom is -0.391 e. The van der Waals surface area contributed by atoms with Gasteiger partial charge in [-0.25, -0.2) is 0 Å². The summed E-state index contributed by atoms with van der Waals surface area (Å²) in [5.74, 6) is 0.0934. The van der Waals surface area contributed by atoms with Gasteiger partial charge in [-0.3, -0.25) is 9.59 Å². The van der Waals surface area contributed by atoms with Gasteiger partial charge in [0.15, 0.2) is 0 Å². The Bertz CT molecular complexity index is 346. The lowest BCUT2D eigenvalue weighted by Crippen LogP contribution is -2.55. The van der Waals surface area contributed by atoms with Crippen molar-refractivity contribution in [3.63, 3.8) is 0 Å². The van der Waals surface area contributed by atoms with Crippen molar-refractivity contribution in [1.29, 1.82) is 0 Å². The zero-order valence-electron chi connectivity index (χ0n) is 11.7. The lowest BCUT2D eigenvalue weighted by molar-refractivity contribution is -0.149. The van der Waals surface area contributed by atoms with E-state index in [1.165, 1.54) is 0 Å². The number of aliphatic hydroxyl groups is 1. The number of amides is 2. The predicted octanol–water partition coefficient (Wildman–Crippen LogP) is 0.761. The van der Waals surface area contributed by atoms with Crippen LogP contribution in [0.3, 0.4) is 0 Å². The third kappa shape index (κ3) is 3.26. The molecular weight excluding hydrogens is 244 g/mol. The van der Waals surface area contributed by atoms with Gasteiger partial charge in [0.25, 0.3) is 0 Å². The normalized spacial score (nSPS) is 28.3. The van der Waals surface area contributed by atoms with E-state index in [1.807, 2.05) is 6.92 Å². The quantitative estimate of drug-likeness (QED) is 0.804. The molecule has 2 fully saturated rings. The van der Waals surface area contributed by atoms with Crippen LogP contribution in [0.5, 0.6) is 0 Å². The van der Waals surface area contributed by atoms with Gasteiger partial charge in [0.2, 0.25) is 11.8 Å². The number of carbonyl (C=O) groups excluding carboxylic acids is 2. The van der Waals surface area contributed by atoms with Crippen LogP contribution < -0.4 is 0 Å². The molecule has 0 aliphatic carbocycles. The molecule has 0 aromatic heterocycles. The van der Waals surface area contributed by atoms with E-state index >= 15 is 0 Å². The summed E-state index contributed by atoms with van der Waals surface area (Å²) in [6.45, 7) is 3.66. The first-order chi connectivity index (χ1) is 9.13. The van der Waals surface area contributed by atoms with Crippen molar-refractivity contribution in [2.45, 2.75) is 57.6 Å². The molecule has 2 saturated heterocycles. The van der Waals surface area contributed by atoms with Gasteiger partial charge in [-0.2, -0.15) is 0 Å². The maximum Gasteiger partial charge on any atom is 0.245 e. The van der Waals surface area contributed by atoms with E-state index in [2.05, 4.69) is 0 Å². The van der Waals surface area contributed by atoms with Gasteiger partial charge in [-0.15, -0.1) is 0 Å². The third-order valence-corrected chi connectivity index (χ3v) is 4.12. The van der Waals surface area contributed by atoms with Crippen LogP contribution >= 0.6 is 0 Å². The summed E-state index contributed by atoms with van der Waals surface area (Å²) >= 11 is 0. The van der Waals surface area contributed by atoms with Crippen LogP contribution in [0, 0.1) is 0 Å². The number of rotatable bonds is 2. The first kappa shape index (κ1) is 14.3. The molecular formula is C14H24N2O3. The van der Waals surface area contributed by atoms with Crippen molar-refractivity contribution >= 4 is 11.8 Å². The van der Waals surface area contributed by atoms with Crippen LogP contribution in [0.25, 0.3) is 0 Å². The van der Waals surface area contributed by atoms with Gasteiger partial charge in [0.1, 0.15) is 6.04 Å². The van der Waals surface area contributed by atoms with Gasteiger partial charge < -0.3 is 14.9 Å². The Kier molecular flexibility index (Phi) is 4.80. The molecule has 2 rings (SSSR count). The molecule has 0 aromatic carbocycles. The lowest BCUT2D eigenvalue weighted by Gasteiger charge is -2.39. The minimum atomic E-state index is -0.406. The number of likely N-dealkylation sites (tertiary alicyclic amines) is 2. The molecule has 2 unspecified atom stereocenters. The first-order valence-electron chi connectivity index (χ1n) is 7.39. The van der Waals surface area contributed by atoms with Crippen molar-refractivity contribution in [3.8, 4) is 0 Å². The molecule has 0 bridgehead atoms. The second-order valence-electron chi connectivity index (χ2n) is 5.53. The van der Waals surface area contributed by atoms with E-state index in [1.54, 1.807) is 9.80 Å². The fourth-order valence-corrected chi connectivity index (χ4v) is 3.06. The number of piperidine rings is 2. The second-order valence-corrected chi connectivity index (χ2v) is 5.53. The van der Waals surface area contributed by atoms with E-state index in [9.17, 15) is 14.7 Å². The molecule has 19 heavy (non-hydrogen) atoms. The number of carbonyl (C=O) groups is 2. The molecule has 2 heterocycles. The summed E-state index contributed by atoms with van der Waals surface area (Å²) in [7, 11) is 0. The minimum absolute atomic E-state index is 0.0280. The van der Waals surface area contributed by atoms with Gasteiger partial charge in [0, 0.05) is 26.1 Å². The molecule has 0 radical (unpaired) electrons. The van der Waals surface area contributed by atoms with Crippen LogP contribution in [0.15, 0.2) is 0 Å². The van der Waals surface area contributed by atoms with Crippen molar-refractivity contribution in [2.75, 3.05) is 19.6 Å². The van der Waals surface area contributed by atoms with Gasteiger partial charge >= 0.3 is 0 Å². The summed E-state index contributed by atoms with van der Waals surface area (Å²) in [6, 6.07) is -0.300. The fourth-order valence-electron chi connectivity index (χ4n) is 3.06. The van der Waals surface area contributed by atoms with E-state index in [0.29, 0.717) is 26.1 Å². The predicted molar refractivity (Wildman–Crippen MR) is 71.5 cm³/mol. The Labute approximate surface area is 114 Å². The highest BCUT2D eigenvalue weighted by Gasteiger charge is 2.35. The molecule has 0 saturated carbocycles. The summed E-state index contributed by atoms with van der Waals surface area (Å²) in [4.78, 5) is 28.0. The molecule has 0 spiro atoms. The van der Waals surface area contributed by atoms with Gasteiger partial charge in [0.05, 0.1) is 6.10 Å². The van der Waals surface area contributed by atoms with E-state index in [0.717, 1.165) is 32.1 Å². The Balaban J connectivity index is 2.04. The number of nitrogens with zero attached hydrogens (tertiary/aromatic N) is 2. The fraction of sp³-hybridized carbons (Fsp3) is 0.857. The van der Waals surface area contributed by atoms with E-state index < -0.39 is 6.10 Å². The molecule has 5 nitrogen and oxygen atoms in total. The van der Waals surface area contributed by atoms with Crippen LogP contribution in [-0.4, -0.2) is 58.5 Å². The summed E-state index contributed by atoms with van der Waals surface area (Å²) in [6.07, 6.45) is 4.41. The lowest BCUT2D eigenvalue weighted by atomic mass is 9.99. The smallest absolute Gasteiger partial charge is 0.245 e. The van der Waals surface area contributed by atoms with Crippen molar-refractivity contribution in [1.82, 2.24) is 9.80 Å². The molecule has 2 aliphatic rings. The Morgan fingerprint density at radius 3 is 2.63 bits per heavy atom. The zero-order valence-corrected chi connectivity index (χ0v) is 11.7. The van der Waals surface area contributed by atoms with E-state index in [4.69, 9.17) is 0 Å². The highest BCUT2D eigenvalue weighted by Crippen LogP contribution is 2.21. The molecule has 0 aromatic rings. The number of β-amino-alcohol motifs (C(OH)–C–C–N with tert-alkyl or cyclic N) is 1. The van der Waals surface area contributed by atoms with Crippen molar-refractivity contribution in [3.05, 3.63) is 0 Å². The van der Waals surface area contributed by atoms with Crippen molar-refractivity contribution < 1.29 is 14.7 Å². The molecule has 2 aliphatic heterocycles. The number of hydrogen-bond donors (Lipinski definition) is 1. The Morgan fingerprint density at radius 1 is 1.16 bits per heavy atom. The topological polar surface area (TPSA) is 60.9 Å². The van der Waals surface area contributed by atoms with Crippen LogP contribution in [-0.2, 0) is 9.59 Å². The van der Waals surface area contributed by atoms with Crippen LogP contribution in [0.4, 0.5) is 0 Å². The molecule has 2 atom stereocenters. The molecule has 108 valence electrons. The Hall–Kier alpha value is -1.10. The summed E-state index contributed by atoms with van der Waals surface area (Å²) < 4.78 is 0. The zero-order chi connectivity index (χ0) is 13.8. The largest absolute Gasteiger partial charge is 0.391 e. The standard InChI is InChI=1S/C14H24N2O3/c1-2-13(18)16-9-4-3-7-12(16)14(19)15-8-5-6-11(17)10-15/h11-12,17H,2-10H2,1H3. The molecule has 5 heteroatoms. The van der Waals surface area contributed by atoms with Crippen molar-refractivity contribution in [2.24, 2.45) is 0 Å². The highest BCUT2D eigenvalue weighted by atomic mass is 16.3. The molecule has 1 N–H and O–H groups in total. The first-order valence-corrected chi connectivity index (χ1v) is 7.39. The number of hydrogen-bond acceptors (Lipinski definition) is 3. The summed E-state index contributed by atoms with van der Waals surface area (Å²) in [5.41, 5.74) is 0. The average Bonchev–Trinajstić information content (AvgIpc) is 2.45. The monoisotopic (exact) mass is 268 g/mol. The van der Waals surface area contributed by atoms with E-state index in [-0.39, 0.29) is 17.9 Å². The molecule has 2 amide bonds. The highest BCUT2D eigenvalue weighted by molar-refractivity contribution is 5.88. The average molecular weight is 268 g/mol. The van der Waals surface area contributed by atoms with Crippen LogP contribution in [0.2, 0.25) is 0 Å². The second kappa shape index (κ2) is 6.37. The van der Waals surface area contributed by atoms with Gasteiger partial charge in [-0.05, 0) is 32.1 Å². The van der Waals surface area contributed by atoms with Crippen LogP contribution in [0.1, 0.15) is 45.4 Å². The van der Waals surface area contributed by atoms with Gasteiger partial charge in [-0.1, -0.05) is 6.92 Å². The number of aliphatic hydroxyl groups excluding tert-OH is 1. The summed E-state index contributed by atoms with van der Waals surface area (Å²) in [5, 5.41) is 9.67. The maximum absolute atomic E-state index is 12.6. The third-order valence-electron chi connectivity index (χ3n) is 4.12. The Morgan fingerprint density at radius 2 is 1.95 bits per heavy atom.